The number of esters is 1. The standard InChI is InChI=1S/C25H38O2/c26-25(27-24-8-2-1-3-9-24)22-16-12-19(13-17-22)10-11-20-14-15-21-6-4-5-7-23(21)18-20/h19-24H,1-9,12-18H2. The van der Waals surface area contributed by atoms with Gasteiger partial charge in [0, 0.05) is 11.8 Å². The molecule has 0 aromatic heterocycles. The monoisotopic (exact) mass is 370 g/mol. The number of hydrogen-bond donors (Lipinski definition) is 0. The predicted molar refractivity (Wildman–Crippen MR) is 109 cm³/mol. The predicted octanol–water partition coefficient (Wildman–Crippen LogP) is 6.28. The Kier molecular flexibility index (Phi) is 6.80. The molecule has 0 spiro atoms. The first-order chi connectivity index (χ1) is 13.3. The molecular formula is C25H38O2. The lowest BCUT2D eigenvalue weighted by atomic mass is 9.67. The minimum atomic E-state index is 0.0870. The highest BCUT2D eigenvalue weighted by Gasteiger charge is 2.32. The third kappa shape index (κ3) is 5.30. The average Bonchev–Trinajstić information content (AvgIpc) is 2.73. The van der Waals surface area contributed by atoms with Crippen LogP contribution in [-0.2, 0) is 9.53 Å². The van der Waals surface area contributed by atoms with E-state index >= 15 is 0 Å². The van der Waals surface area contributed by atoms with E-state index in [1.54, 1.807) is 0 Å². The first kappa shape index (κ1) is 19.4. The molecule has 0 amide bonds. The highest BCUT2D eigenvalue weighted by Crippen LogP contribution is 2.42. The average molecular weight is 371 g/mol. The molecule has 0 bridgehead atoms. The summed E-state index contributed by atoms with van der Waals surface area (Å²) in [6.07, 6.45) is 20.2. The van der Waals surface area contributed by atoms with Crippen LogP contribution in [0.5, 0.6) is 0 Å². The van der Waals surface area contributed by atoms with Crippen molar-refractivity contribution in [2.24, 2.45) is 29.6 Å². The topological polar surface area (TPSA) is 26.3 Å². The highest BCUT2D eigenvalue weighted by atomic mass is 16.5. The molecule has 0 radical (unpaired) electrons. The third-order valence-corrected chi connectivity index (χ3v) is 7.93. The van der Waals surface area contributed by atoms with E-state index in [2.05, 4.69) is 11.8 Å². The van der Waals surface area contributed by atoms with Crippen molar-refractivity contribution in [1.29, 1.82) is 0 Å². The van der Waals surface area contributed by atoms with E-state index in [1.807, 2.05) is 0 Å². The molecule has 0 saturated heterocycles. The molecule has 0 aromatic carbocycles. The maximum Gasteiger partial charge on any atom is 0.309 e. The van der Waals surface area contributed by atoms with Crippen LogP contribution < -0.4 is 0 Å². The van der Waals surface area contributed by atoms with E-state index in [0.717, 1.165) is 50.4 Å². The zero-order valence-corrected chi connectivity index (χ0v) is 17.1. The van der Waals surface area contributed by atoms with Gasteiger partial charge < -0.3 is 4.74 Å². The molecule has 4 aliphatic rings. The van der Waals surface area contributed by atoms with Crippen LogP contribution in [0.3, 0.4) is 0 Å². The number of carbonyl (C=O) groups is 1. The molecule has 0 heterocycles. The lowest BCUT2D eigenvalue weighted by Crippen LogP contribution is -2.28. The lowest BCUT2D eigenvalue weighted by Gasteiger charge is -2.37. The summed E-state index contributed by atoms with van der Waals surface area (Å²) in [5, 5.41) is 0. The molecule has 4 fully saturated rings. The molecule has 0 aromatic rings. The van der Waals surface area contributed by atoms with Crippen LogP contribution >= 0.6 is 0 Å². The molecule has 4 saturated carbocycles. The van der Waals surface area contributed by atoms with Gasteiger partial charge in [-0.3, -0.25) is 4.79 Å². The maximum atomic E-state index is 12.5. The zero-order valence-electron chi connectivity index (χ0n) is 17.1. The van der Waals surface area contributed by atoms with Gasteiger partial charge in [0.2, 0.25) is 0 Å². The molecule has 3 unspecified atom stereocenters. The number of rotatable bonds is 2. The lowest BCUT2D eigenvalue weighted by molar-refractivity contribution is -0.156. The quantitative estimate of drug-likeness (QED) is 0.422. The minimum Gasteiger partial charge on any atom is -0.462 e. The van der Waals surface area contributed by atoms with Crippen molar-refractivity contribution >= 4 is 5.97 Å². The Morgan fingerprint density at radius 2 is 1.26 bits per heavy atom. The summed E-state index contributed by atoms with van der Waals surface area (Å²) in [5.41, 5.74) is 0. The SMILES string of the molecule is O=C(OC1CCCCC1)C1CCC(C#CC2CCC3CCCCC3C2)CC1. The maximum absolute atomic E-state index is 12.5. The second-order valence-electron chi connectivity index (χ2n) is 9.85. The Balaban J connectivity index is 1.19. The number of fused-ring (bicyclic) bond motifs is 1. The fourth-order valence-electron chi connectivity index (χ4n) is 6.16. The Hall–Kier alpha value is -0.970. The van der Waals surface area contributed by atoms with Crippen LogP contribution in [0.15, 0.2) is 0 Å². The largest absolute Gasteiger partial charge is 0.462 e. The fourth-order valence-corrected chi connectivity index (χ4v) is 6.16. The second kappa shape index (κ2) is 9.49. The number of ether oxygens (including phenoxy) is 1. The fraction of sp³-hybridized carbons (Fsp3) is 0.880. The van der Waals surface area contributed by atoms with Gasteiger partial charge in [-0.05, 0) is 82.5 Å². The van der Waals surface area contributed by atoms with Crippen LogP contribution in [0.1, 0.15) is 103 Å². The summed E-state index contributed by atoms with van der Waals surface area (Å²) in [5.74, 6) is 10.7. The smallest absolute Gasteiger partial charge is 0.309 e. The zero-order chi connectivity index (χ0) is 18.5. The van der Waals surface area contributed by atoms with Gasteiger partial charge in [0.15, 0.2) is 0 Å². The summed E-state index contributed by atoms with van der Waals surface area (Å²) in [6.45, 7) is 0. The highest BCUT2D eigenvalue weighted by molar-refractivity contribution is 5.72. The summed E-state index contributed by atoms with van der Waals surface area (Å²) in [7, 11) is 0. The van der Waals surface area contributed by atoms with Gasteiger partial charge in [0.05, 0.1) is 5.92 Å². The summed E-state index contributed by atoms with van der Waals surface area (Å²) in [4.78, 5) is 12.5. The molecule has 4 aliphatic carbocycles. The van der Waals surface area contributed by atoms with Crippen molar-refractivity contribution in [1.82, 2.24) is 0 Å². The number of hydrogen-bond acceptors (Lipinski definition) is 2. The van der Waals surface area contributed by atoms with E-state index in [9.17, 15) is 4.79 Å². The Morgan fingerprint density at radius 1 is 0.630 bits per heavy atom. The van der Waals surface area contributed by atoms with E-state index < -0.39 is 0 Å². The van der Waals surface area contributed by atoms with Crippen molar-refractivity contribution < 1.29 is 9.53 Å². The summed E-state index contributed by atoms with van der Waals surface area (Å²) < 4.78 is 5.80. The molecule has 2 nitrogen and oxygen atoms in total. The van der Waals surface area contributed by atoms with Crippen LogP contribution in [0.25, 0.3) is 0 Å². The molecule has 4 rings (SSSR count). The van der Waals surface area contributed by atoms with Crippen LogP contribution in [0, 0.1) is 41.4 Å². The molecule has 150 valence electrons. The van der Waals surface area contributed by atoms with Crippen molar-refractivity contribution in [3.05, 3.63) is 0 Å². The van der Waals surface area contributed by atoms with Crippen LogP contribution in [-0.4, -0.2) is 12.1 Å². The second-order valence-corrected chi connectivity index (χ2v) is 9.85. The van der Waals surface area contributed by atoms with Gasteiger partial charge in [-0.15, -0.1) is 0 Å². The van der Waals surface area contributed by atoms with Crippen LogP contribution in [0.4, 0.5) is 0 Å². The normalized spacial score (nSPS) is 37.6. The molecule has 0 N–H and O–H groups in total. The molecule has 3 atom stereocenters. The van der Waals surface area contributed by atoms with Gasteiger partial charge in [0.25, 0.3) is 0 Å². The van der Waals surface area contributed by atoms with Gasteiger partial charge in [-0.1, -0.05) is 43.9 Å². The van der Waals surface area contributed by atoms with Gasteiger partial charge in [-0.2, -0.15) is 0 Å². The number of carbonyl (C=O) groups excluding carboxylic acids is 1. The first-order valence-corrected chi connectivity index (χ1v) is 12.0. The molecule has 27 heavy (non-hydrogen) atoms. The third-order valence-electron chi connectivity index (χ3n) is 7.93. The van der Waals surface area contributed by atoms with Crippen molar-refractivity contribution in [2.75, 3.05) is 0 Å². The van der Waals surface area contributed by atoms with Gasteiger partial charge in [-0.25, -0.2) is 0 Å². The van der Waals surface area contributed by atoms with E-state index in [1.165, 1.54) is 64.2 Å². The Morgan fingerprint density at radius 3 is 2.04 bits per heavy atom. The van der Waals surface area contributed by atoms with E-state index in [-0.39, 0.29) is 18.0 Å². The molecule has 0 aliphatic heterocycles. The summed E-state index contributed by atoms with van der Waals surface area (Å²) >= 11 is 0. The first-order valence-electron chi connectivity index (χ1n) is 12.0. The summed E-state index contributed by atoms with van der Waals surface area (Å²) in [6, 6.07) is 0. The van der Waals surface area contributed by atoms with Gasteiger partial charge in [0.1, 0.15) is 6.10 Å². The Labute approximate surface area is 166 Å². The molecular weight excluding hydrogens is 332 g/mol. The van der Waals surface area contributed by atoms with Crippen molar-refractivity contribution in [3.63, 3.8) is 0 Å². The van der Waals surface area contributed by atoms with Crippen LogP contribution in [0.2, 0.25) is 0 Å². The van der Waals surface area contributed by atoms with Gasteiger partial charge >= 0.3 is 5.97 Å². The van der Waals surface area contributed by atoms with E-state index in [0.29, 0.717) is 11.8 Å². The Bertz CT molecular complexity index is 542. The molecule has 2 heteroatoms. The minimum absolute atomic E-state index is 0.0870. The van der Waals surface area contributed by atoms with Crippen molar-refractivity contribution in [3.8, 4) is 11.8 Å². The van der Waals surface area contributed by atoms with Crippen molar-refractivity contribution in [2.45, 2.75) is 109 Å². The van der Waals surface area contributed by atoms with E-state index in [4.69, 9.17) is 4.74 Å².